The lowest BCUT2D eigenvalue weighted by molar-refractivity contribution is 0.405. The number of aryl methyl sites for hydroxylation is 1. The summed E-state index contributed by atoms with van der Waals surface area (Å²) in [7, 11) is 1.70. The molecular formula is C21H26N4OS. The zero-order chi connectivity index (χ0) is 19.2. The van der Waals surface area contributed by atoms with Crippen molar-refractivity contribution >= 4 is 28.2 Å². The number of aromatic amines is 1. The van der Waals surface area contributed by atoms with Crippen LogP contribution in [0.4, 0.5) is 0 Å². The first-order valence-electron chi connectivity index (χ1n) is 9.20. The third-order valence-corrected chi connectivity index (χ3v) is 5.06. The van der Waals surface area contributed by atoms with Gasteiger partial charge in [0.15, 0.2) is 5.11 Å². The Kier molecular flexibility index (Phi) is 6.29. The second-order valence-corrected chi connectivity index (χ2v) is 6.85. The van der Waals surface area contributed by atoms with Crippen molar-refractivity contribution in [2.75, 3.05) is 20.2 Å². The lowest BCUT2D eigenvalue weighted by atomic mass is 10.1. The Morgan fingerprint density at radius 3 is 2.85 bits per heavy atom. The van der Waals surface area contributed by atoms with Crippen LogP contribution in [-0.4, -0.2) is 40.2 Å². The van der Waals surface area contributed by atoms with Crippen molar-refractivity contribution in [2.24, 2.45) is 0 Å². The van der Waals surface area contributed by atoms with Gasteiger partial charge in [0.2, 0.25) is 0 Å². The molecule has 142 valence electrons. The van der Waals surface area contributed by atoms with Gasteiger partial charge in [0, 0.05) is 35.9 Å². The number of methoxy groups -OCH3 is 1. The number of fused-ring (bicyclic) bond motifs is 1. The summed E-state index contributed by atoms with van der Waals surface area (Å²) in [6.45, 7) is 6.49. The van der Waals surface area contributed by atoms with Crippen LogP contribution in [0.15, 0.2) is 42.6 Å². The van der Waals surface area contributed by atoms with Crippen LogP contribution in [0.3, 0.4) is 0 Å². The standard InChI is InChI=1S/C21H26N4OS/c1-4-22-21(27)25(14-16-7-5-6-11-23-16)12-10-18-15(2)24-20-9-8-17(26-3)13-19(18)20/h5-9,11,13,24H,4,10,12,14H2,1-3H3,(H,22,27). The molecule has 2 aromatic heterocycles. The second-order valence-electron chi connectivity index (χ2n) is 6.47. The van der Waals surface area contributed by atoms with Gasteiger partial charge in [-0.15, -0.1) is 0 Å². The number of aromatic nitrogens is 2. The van der Waals surface area contributed by atoms with Crippen LogP contribution in [0.1, 0.15) is 23.9 Å². The molecule has 0 saturated heterocycles. The van der Waals surface area contributed by atoms with Crippen molar-refractivity contribution in [2.45, 2.75) is 26.8 Å². The summed E-state index contributed by atoms with van der Waals surface area (Å²) >= 11 is 5.60. The number of ether oxygens (including phenoxy) is 1. The number of nitrogens with one attached hydrogen (secondary N) is 2. The number of rotatable bonds is 7. The van der Waals surface area contributed by atoms with Crippen molar-refractivity contribution < 1.29 is 4.74 Å². The van der Waals surface area contributed by atoms with Gasteiger partial charge in [-0.3, -0.25) is 4.98 Å². The van der Waals surface area contributed by atoms with Crippen LogP contribution in [0.2, 0.25) is 0 Å². The molecule has 3 rings (SSSR count). The highest BCUT2D eigenvalue weighted by atomic mass is 32.1. The van der Waals surface area contributed by atoms with Crippen molar-refractivity contribution in [3.63, 3.8) is 0 Å². The monoisotopic (exact) mass is 382 g/mol. The summed E-state index contributed by atoms with van der Waals surface area (Å²) in [5.74, 6) is 0.872. The van der Waals surface area contributed by atoms with E-state index in [4.69, 9.17) is 17.0 Å². The fourth-order valence-electron chi connectivity index (χ4n) is 3.26. The first-order valence-corrected chi connectivity index (χ1v) is 9.61. The van der Waals surface area contributed by atoms with Crippen molar-refractivity contribution in [3.8, 4) is 5.75 Å². The average molecular weight is 383 g/mol. The molecule has 0 radical (unpaired) electrons. The predicted molar refractivity (Wildman–Crippen MR) is 114 cm³/mol. The van der Waals surface area contributed by atoms with Crippen LogP contribution in [0, 0.1) is 6.92 Å². The average Bonchev–Trinajstić information content (AvgIpc) is 3.00. The number of hydrogen-bond acceptors (Lipinski definition) is 3. The van der Waals surface area contributed by atoms with Crippen LogP contribution >= 0.6 is 12.2 Å². The Morgan fingerprint density at radius 2 is 2.15 bits per heavy atom. The first kappa shape index (κ1) is 19.2. The maximum absolute atomic E-state index is 5.60. The van der Waals surface area contributed by atoms with Crippen LogP contribution in [-0.2, 0) is 13.0 Å². The highest BCUT2D eigenvalue weighted by Crippen LogP contribution is 2.27. The van der Waals surface area contributed by atoms with Gasteiger partial charge in [-0.25, -0.2) is 0 Å². The summed E-state index contributed by atoms with van der Waals surface area (Å²) < 4.78 is 5.40. The Labute approximate surface area is 165 Å². The van der Waals surface area contributed by atoms with E-state index in [-0.39, 0.29) is 0 Å². The molecule has 0 spiro atoms. The summed E-state index contributed by atoms with van der Waals surface area (Å²) in [5, 5.41) is 5.24. The number of nitrogens with zero attached hydrogens (tertiary/aromatic N) is 2. The minimum absolute atomic E-state index is 0.692. The van der Waals surface area contributed by atoms with Gasteiger partial charge in [-0.05, 0) is 68.4 Å². The number of pyridine rings is 1. The van der Waals surface area contributed by atoms with Gasteiger partial charge >= 0.3 is 0 Å². The summed E-state index contributed by atoms with van der Waals surface area (Å²) in [6.07, 6.45) is 2.71. The third kappa shape index (κ3) is 4.57. The molecule has 6 heteroatoms. The Hall–Kier alpha value is -2.60. The minimum atomic E-state index is 0.692. The van der Waals surface area contributed by atoms with E-state index >= 15 is 0 Å². The predicted octanol–water partition coefficient (Wildman–Crippen LogP) is 3.82. The molecule has 0 aliphatic rings. The Bertz CT molecular complexity index is 907. The normalized spacial score (nSPS) is 10.8. The van der Waals surface area contributed by atoms with Crippen molar-refractivity contribution in [1.29, 1.82) is 0 Å². The van der Waals surface area contributed by atoms with E-state index in [1.165, 1.54) is 16.6 Å². The van der Waals surface area contributed by atoms with E-state index in [0.29, 0.717) is 6.54 Å². The lowest BCUT2D eigenvalue weighted by Crippen LogP contribution is -2.40. The zero-order valence-electron chi connectivity index (χ0n) is 16.1. The maximum Gasteiger partial charge on any atom is 0.169 e. The van der Waals surface area contributed by atoms with E-state index in [1.54, 1.807) is 7.11 Å². The molecule has 2 N–H and O–H groups in total. The number of benzene rings is 1. The number of H-pyrrole nitrogens is 1. The molecule has 0 amide bonds. The van der Waals surface area contributed by atoms with E-state index in [1.807, 2.05) is 30.5 Å². The smallest absolute Gasteiger partial charge is 0.169 e. The van der Waals surface area contributed by atoms with Gasteiger partial charge in [-0.2, -0.15) is 0 Å². The van der Waals surface area contributed by atoms with E-state index < -0.39 is 0 Å². The van der Waals surface area contributed by atoms with Gasteiger partial charge in [0.1, 0.15) is 5.75 Å². The molecule has 27 heavy (non-hydrogen) atoms. The van der Waals surface area contributed by atoms with Crippen LogP contribution in [0.25, 0.3) is 10.9 Å². The molecule has 0 bridgehead atoms. The molecular weight excluding hydrogens is 356 g/mol. The molecule has 3 aromatic rings. The molecule has 5 nitrogen and oxygen atoms in total. The highest BCUT2D eigenvalue weighted by Gasteiger charge is 2.14. The number of hydrogen-bond donors (Lipinski definition) is 2. The van der Waals surface area contributed by atoms with Crippen molar-refractivity contribution in [3.05, 3.63) is 59.5 Å². The summed E-state index contributed by atoms with van der Waals surface area (Å²) in [4.78, 5) is 10.1. The molecule has 1 aromatic carbocycles. The first-order chi connectivity index (χ1) is 13.1. The second kappa shape index (κ2) is 8.86. The SMILES string of the molecule is CCNC(=S)N(CCc1c(C)[nH]c2ccc(OC)cc12)Cc1ccccn1. The van der Waals surface area contributed by atoms with Crippen LogP contribution < -0.4 is 10.1 Å². The molecule has 0 fully saturated rings. The maximum atomic E-state index is 5.60. The minimum Gasteiger partial charge on any atom is -0.497 e. The topological polar surface area (TPSA) is 53.2 Å². The van der Waals surface area contributed by atoms with Gasteiger partial charge < -0.3 is 19.9 Å². The molecule has 0 aliphatic heterocycles. The largest absolute Gasteiger partial charge is 0.497 e. The fourth-order valence-corrected chi connectivity index (χ4v) is 3.56. The van der Waals surface area contributed by atoms with E-state index in [2.05, 4.69) is 46.2 Å². The van der Waals surface area contributed by atoms with Gasteiger partial charge in [0.25, 0.3) is 0 Å². The summed E-state index contributed by atoms with van der Waals surface area (Å²) in [6, 6.07) is 12.1. The van der Waals surface area contributed by atoms with Gasteiger partial charge in [0.05, 0.1) is 19.3 Å². The Balaban J connectivity index is 1.81. The lowest BCUT2D eigenvalue weighted by Gasteiger charge is -2.25. The molecule has 0 atom stereocenters. The molecule has 0 saturated carbocycles. The van der Waals surface area contributed by atoms with Gasteiger partial charge in [-0.1, -0.05) is 6.07 Å². The van der Waals surface area contributed by atoms with Crippen molar-refractivity contribution in [1.82, 2.24) is 20.2 Å². The van der Waals surface area contributed by atoms with E-state index in [0.717, 1.165) is 41.6 Å². The number of thiocarbonyl (C=S) groups is 1. The third-order valence-electron chi connectivity index (χ3n) is 4.65. The Morgan fingerprint density at radius 1 is 1.30 bits per heavy atom. The highest BCUT2D eigenvalue weighted by molar-refractivity contribution is 7.80. The van der Waals surface area contributed by atoms with E-state index in [9.17, 15) is 0 Å². The molecule has 0 unspecified atom stereocenters. The summed E-state index contributed by atoms with van der Waals surface area (Å²) in [5.41, 5.74) is 4.63. The molecule has 0 aliphatic carbocycles. The zero-order valence-corrected chi connectivity index (χ0v) is 16.9. The quantitative estimate of drug-likeness (QED) is 0.609. The molecule has 2 heterocycles. The van der Waals surface area contributed by atoms with Crippen LogP contribution in [0.5, 0.6) is 5.75 Å². The fraction of sp³-hybridized carbons (Fsp3) is 0.333.